The van der Waals surface area contributed by atoms with Crippen molar-refractivity contribution in [1.82, 2.24) is 9.97 Å². The molecule has 0 fully saturated rings. The van der Waals surface area contributed by atoms with Crippen LogP contribution in [0.5, 0.6) is 5.75 Å². The number of rotatable bonds is 6. The van der Waals surface area contributed by atoms with E-state index in [9.17, 15) is 4.79 Å². The Bertz CT molecular complexity index is 1790. The van der Waals surface area contributed by atoms with Crippen LogP contribution in [-0.4, -0.2) is 23.0 Å². The molecule has 0 aliphatic rings. The van der Waals surface area contributed by atoms with Gasteiger partial charge < -0.3 is 10.5 Å². The van der Waals surface area contributed by atoms with Gasteiger partial charge in [-0.2, -0.15) is 0 Å². The summed E-state index contributed by atoms with van der Waals surface area (Å²) in [5, 5.41) is 6.14. The SMILES string of the molecule is COc1ccc(-c2cc(-c3ccccc3)nc3sc(C(=O)Nc4nc(-c5ccc(C)cc5)cs4)c(N)c23)cc1. The number of hydrogen-bond acceptors (Lipinski definition) is 7. The molecule has 3 N–H and O–H groups in total. The van der Waals surface area contributed by atoms with Crippen LogP contribution < -0.4 is 15.8 Å². The van der Waals surface area contributed by atoms with Gasteiger partial charge in [0.15, 0.2) is 5.13 Å². The third-order valence-electron chi connectivity index (χ3n) is 6.45. The number of anilines is 2. The van der Waals surface area contributed by atoms with Crippen LogP contribution in [0.1, 0.15) is 15.2 Å². The average molecular weight is 549 g/mol. The summed E-state index contributed by atoms with van der Waals surface area (Å²) in [5.74, 6) is 0.460. The Morgan fingerprint density at radius 1 is 0.872 bits per heavy atom. The van der Waals surface area contributed by atoms with Crippen molar-refractivity contribution in [3.8, 4) is 39.4 Å². The summed E-state index contributed by atoms with van der Waals surface area (Å²) in [6.07, 6.45) is 0. The van der Waals surface area contributed by atoms with Crippen LogP contribution in [0.15, 0.2) is 90.3 Å². The van der Waals surface area contributed by atoms with Gasteiger partial charge in [-0.15, -0.1) is 22.7 Å². The highest BCUT2D eigenvalue weighted by molar-refractivity contribution is 7.21. The van der Waals surface area contributed by atoms with Gasteiger partial charge in [0.2, 0.25) is 0 Å². The summed E-state index contributed by atoms with van der Waals surface area (Å²) in [4.78, 5) is 24.1. The number of benzene rings is 3. The van der Waals surface area contributed by atoms with Gasteiger partial charge in [-0.1, -0.05) is 72.3 Å². The van der Waals surface area contributed by atoms with Crippen molar-refractivity contribution in [2.24, 2.45) is 0 Å². The van der Waals surface area contributed by atoms with Crippen molar-refractivity contribution in [1.29, 1.82) is 0 Å². The van der Waals surface area contributed by atoms with E-state index in [4.69, 9.17) is 15.5 Å². The molecule has 192 valence electrons. The van der Waals surface area contributed by atoms with Gasteiger partial charge in [0.25, 0.3) is 5.91 Å². The first-order chi connectivity index (χ1) is 19.0. The lowest BCUT2D eigenvalue weighted by Gasteiger charge is -2.09. The van der Waals surface area contributed by atoms with E-state index in [0.717, 1.165) is 44.8 Å². The number of thiophene rings is 1. The molecule has 0 saturated carbocycles. The number of hydrogen-bond donors (Lipinski definition) is 2. The molecule has 3 aromatic carbocycles. The fourth-order valence-electron chi connectivity index (χ4n) is 4.39. The zero-order valence-corrected chi connectivity index (χ0v) is 22.9. The van der Waals surface area contributed by atoms with E-state index in [1.807, 2.05) is 97.2 Å². The molecule has 0 radical (unpaired) electrons. The monoisotopic (exact) mass is 548 g/mol. The highest BCUT2D eigenvalue weighted by Gasteiger charge is 2.22. The molecule has 39 heavy (non-hydrogen) atoms. The number of pyridine rings is 1. The fraction of sp³-hybridized carbons (Fsp3) is 0.0645. The molecule has 0 spiro atoms. The number of aryl methyl sites for hydroxylation is 1. The van der Waals surface area contributed by atoms with E-state index in [0.29, 0.717) is 20.5 Å². The van der Waals surface area contributed by atoms with Gasteiger partial charge in [-0.25, -0.2) is 9.97 Å². The van der Waals surface area contributed by atoms with Crippen molar-refractivity contribution in [2.45, 2.75) is 6.92 Å². The van der Waals surface area contributed by atoms with E-state index in [1.165, 1.54) is 28.2 Å². The normalized spacial score (nSPS) is 11.0. The highest BCUT2D eigenvalue weighted by Crippen LogP contribution is 2.42. The van der Waals surface area contributed by atoms with Crippen LogP contribution in [0.2, 0.25) is 0 Å². The third-order valence-corrected chi connectivity index (χ3v) is 8.30. The number of thiazole rings is 1. The maximum absolute atomic E-state index is 13.4. The highest BCUT2D eigenvalue weighted by atomic mass is 32.1. The fourth-order valence-corrected chi connectivity index (χ4v) is 6.12. The molecule has 0 saturated heterocycles. The Morgan fingerprint density at radius 2 is 1.56 bits per heavy atom. The van der Waals surface area contributed by atoms with E-state index < -0.39 is 0 Å². The first kappa shape index (κ1) is 24.8. The molecule has 6 rings (SSSR count). The summed E-state index contributed by atoms with van der Waals surface area (Å²) in [5.41, 5.74) is 13.7. The Hall–Kier alpha value is -4.53. The molecule has 3 aromatic heterocycles. The van der Waals surface area contributed by atoms with E-state index in [2.05, 4.69) is 10.3 Å². The van der Waals surface area contributed by atoms with E-state index in [-0.39, 0.29) is 5.91 Å². The first-order valence-electron chi connectivity index (χ1n) is 12.3. The number of methoxy groups -OCH3 is 1. The topological polar surface area (TPSA) is 90.1 Å². The molecule has 8 heteroatoms. The lowest BCUT2D eigenvalue weighted by molar-refractivity contribution is 0.103. The van der Waals surface area contributed by atoms with Crippen LogP contribution >= 0.6 is 22.7 Å². The quantitative estimate of drug-likeness (QED) is 0.221. The standard InChI is InChI=1S/C31H24N4O2S2/c1-18-8-10-21(11-9-18)25-17-38-31(34-25)35-29(36)28-27(32)26-23(19-12-14-22(37-2)15-13-19)16-24(33-30(26)39-28)20-6-4-3-5-7-20/h3-17H,32H2,1-2H3,(H,34,35,36). The van der Waals surface area contributed by atoms with E-state index >= 15 is 0 Å². The predicted molar refractivity (Wildman–Crippen MR) is 162 cm³/mol. The van der Waals surface area contributed by atoms with Crippen molar-refractivity contribution in [2.75, 3.05) is 18.2 Å². The Labute approximate surface area is 233 Å². The molecule has 0 unspecified atom stereocenters. The Balaban J connectivity index is 1.40. The van der Waals surface area contributed by atoms with Crippen molar-refractivity contribution in [3.05, 3.63) is 101 Å². The third kappa shape index (κ3) is 4.87. The summed E-state index contributed by atoms with van der Waals surface area (Å²) in [6.45, 7) is 2.05. The van der Waals surface area contributed by atoms with Crippen LogP contribution in [-0.2, 0) is 0 Å². The van der Waals surface area contributed by atoms with Crippen molar-refractivity contribution >= 4 is 49.6 Å². The number of aromatic nitrogens is 2. The van der Waals surface area contributed by atoms with Gasteiger partial charge in [-0.3, -0.25) is 10.1 Å². The summed E-state index contributed by atoms with van der Waals surface area (Å²) < 4.78 is 5.34. The van der Waals surface area contributed by atoms with Crippen LogP contribution in [0, 0.1) is 6.92 Å². The molecule has 0 atom stereocenters. The lowest BCUT2D eigenvalue weighted by atomic mass is 9.99. The number of amides is 1. The van der Waals surface area contributed by atoms with Gasteiger partial charge in [0, 0.05) is 21.9 Å². The minimum atomic E-state index is -0.303. The second kappa shape index (κ2) is 10.3. The Kier molecular flexibility index (Phi) is 6.56. The Morgan fingerprint density at radius 3 is 2.28 bits per heavy atom. The van der Waals surface area contributed by atoms with Gasteiger partial charge >= 0.3 is 0 Å². The number of nitrogens with zero attached hydrogens (tertiary/aromatic N) is 2. The van der Waals surface area contributed by atoms with Crippen LogP contribution in [0.3, 0.4) is 0 Å². The van der Waals surface area contributed by atoms with Gasteiger partial charge in [-0.05, 0) is 36.2 Å². The number of nitrogens with two attached hydrogens (primary N) is 1. The molecule has 3 heterocycles. The maximum atomic E-state index is 13.4. The zero-order valence-electron chi connectivity index (χ0n) is 21.3. The van der Waals surface area contributed by atoms with E-state index in [1.54, 1.807) is 7.11 Å². The number of nitrogen functional groups attached to an aromatic ring is 1. The molecular weight excluding hydrogens is 525 g/mol. The smallest absolute Gasteiger partial charge is 0.269 e. The minimum Gasteiger partial charge on any atom is -0.497 e. The lowest BCUT2D eigenvalue weighted by Crippen LogP contribution is -2.11. The molecule has 6 nitrogen and oxygen atoms in total. The summed E-state index contributed by atoms with van der Waals surface area (Å²) in [7, 11) is 1.64. The second-order valence-electron chi connectivity index (χ2n) is 9.03. The number of nitrogens with one attached hydrogen (secondary N) is 1. The molecule has 6 aromatic rings. The van der Waals surface area contributed by atoms with Crippen molar-refractivity contribution in [3.63, 3.8) is 0 Å². The van der Waals surface area contributed by atoms with Gasteiger partial charge in [0.1, 0.15) is 15.5 Å². The molecule has 0 aliphatic carbocycles. The second-order valence-corrected chi connectivity index (χ2v) is 10.9. The number of carbonyl (C=O) groups excluding carboxylic acids is 1. The van der Waals surface area contributed by atoms with Gasteiger partial charge in [0.05, 0.1) is 24.2 Å². The molecule has 1 amide bonds. The summed E-state index contributed by atoms with van der Waals surface area (Å²) >= 11 is 2.67. The average Bonchev–Trinajstić information content (AvgIpc) is 3.58. The maximum Gasteiger partial charge on any atom is 0.269 e. The van der Waals surface area contributed by atoms with Crippen LogP contribution in [0.4, 0.5) is 10.8 Å². The molecular formula is C31H24N4O2S2. The van der Waals surface area contributed by atoms with Crippen molar-refractivity contribution < 1.29 is 9.53 Å². The number of ether oxygens (including phenoxy) is 1. The number of carbonyl (C=O) groups is 1. The van der Waals surface area contributed by atoms with Crippen LogP contribution in [0.25, 0.3) is 43.9 Å². The number of fused-ring (bicyclic) bond motifs is 1. The summed E-state index contributed by atoms with van der Waals surface area (Å²) in [6, 6.07) is 27.9. The minimum absolute atomic E-state index is 0.303. The molecule has 0 bridgehead atoms. The molecule has 0 aliphatic heterocycles. The zero-order chi connectivity index (χ0) is 26.9. The first-order valence-corrected chi connectivity index (χ1v) is 14.0. The largest absolute Gasteiger partial charge is 0.497 e. The predicted octanol–water partition coefficient (Wildman–Crippen LogP) is 7.91.